The van der Waals surface area contributed by atoms with E-state index in [9.17, 15) is 0 Å². The Morgan fingerprint density at radius 1 is 1.10 bits per heavy atom. The fourth-order valence-electron chi connectivity index (χ4n) is 2.38. The molecule has 0 unspecified atom stereocenters. The third kappa shape index (κ3) is 2.47. The van der Waals surface area contributed by atoms with Crippen LogP contribution in [0.5, 0.6) is 0 Å². The maximum atomic E-state index is 4.57. The number of hydrogen-bond acceptors (Lipinski definition) is 3. The van der Waals surface area contributed by atoms with Crippen molar-refractivity contribution < 1.29 is 0 Å². The van der Waals surface area contributed by atoms with Crippen LogP contribution in [0.25, 0.3) is 21.3 Å². The van der Waals surface area contributed by atoms with Gasteiger partial charge in [0.1, 0.15) is 5.01 Å². The van der Waals surface area contributed by atoms with Crippen LogP contribution in [0.2, 0.25) is 0 Å². The molecule has 1 heterocycles. The molecule has 2 aromatic carbocycles. The lowest BCUT2D eigenvalue weighted by Crippen LogP contribution is -2.14. The highest BCUT2D eigenvalue weighted by molar-refractivity contribution is 7.15. The maximum absolute atomic E-state index is 4.57. The zero-order chi connectivity index (χ0) is 13.4. The number of aromatic nitrogens is 1. The smallest absolute Gasteiger partial charge is 0.123 e. The highest BCUT2D eigenvalue weighted by Gasteiger charge is 2.20. The van der Waals surface area contributed by atoms with Gasteiger partial charge in [0.2, 0.25) is 0 Å². The Hall–Kier alpha value is -1.71. The quantitative estimate of drug-likeness (QED) is 0.774. The van der Waals surface area contributed by atoms with Gasteiger partial charge in [-0.05, 0) is 29.7 Å². The van der Waals surface area contributed by atoms with Crippen LogP contribution in [0.15, 0.2) is 48.7 Å². The molecule has 1 saturated carbocycles. The van der Waals surface area contributed by atoms with Crippen LogP contribution in [-0.4, -0.2) is 11.0 Å². The summed E-state index contributed by atoms with van der Waals surface area (Å²) >= 11 is 1.79. The van der Waals surface area contributed by atoms with Gasteiger partial charge in [-0.2, -0.15) is 0 Å². The molecule has 3 heteroatoms. The minimum Gasteiger partial charge on any atom is -0.309 e. The van der Waals surface area contributed by atoms with E-state index in [-0.39, 0.29) is 0 Å². The predicted molar refractivity (Wildman–Crippen MR) is 84.9 cm³/mol. The Bertz CT molecular complexity index is 743. The molecule has 1 aliphatic rings. The van der Waals surface area contributed by atoms with E-state index < -0.39 is 0 Å². The summed E-state index contributed by atoms with van der Waals surface area (Å²) in [6, 6.07) is 15.8. The van der Waals surface area contributed by atoms with Crippen LogP contribution >= 0.6 is 11.3 Å². The summed E-state index contributed by atoms with van der Waals surface area (Å²) in [4.78, 5) is 5.89. The second kappa shape index (κ2) is 5.00. The van der Waals surface area contributed by atoms with Crippen molar-refractivity contribution in [3.05, 3.63) is 53.5 Å². The Morgan fingerprint density at radius 2 is 1.95 bits per heavy atom. The summed E-state index contributed by atoms with van der Waals surface area (Å²) in [5, 5.41) is 7.21. The van der Waals surface area contributed by atoms with E-state index in [0.29, 0.717) is 0 Å². The topological polar surface area (TPSA) is 24.9 Å². The van der Waals surface area contributed by atoms with Crippen molar-refractivity contribution in [2.24, 2.45) is 0 Å². The zero-order valence-corrected chi connectivity index (χ0v) is 12.0. The van der Waals surface area contributed by atoms with E-state index in [4.69, 9.17) is 0 Å². The van der Waals surface area contributed by atoms with E-state index in [1.54, 1.807) is 11.3 Å². The number of fused-ring (bicyclic) bond motifs is 1. The van der Waals surface area contributed by atoms with Gasteiger partial charge in [-0.3, -0.25) is 0 Å². The average molecular weight is 280 g/mol. The SMILES string of the molecule is c1ccc2cc(-c3ncc(CNC4CC4)s3)ccc2c1. The Labute approximate surface area is 122 Å². The lowest BCUT2D eigenvalue weighted by Gasteiger charge is -2.00. The van der Waals surface area contributed by atoms with Crippen molar-refractivity contribution in [1.29, 1.82) is 0 Å². The highest BCUT2D eigenvalue weighted by Crippen LogP contribution is 2.28. The van der Waals surface area contributed by atoms with Crippen molar-refractivity contribution in [2.75, 3.05) is 0 Å². The Morgan fingerprint density at radius 3 is 2.80 bits per heavy atom. The molecule has 4 rings (SSSR count). The van der Waals surface area contributed by atoms with E-state index in [2.05, 4.69) is 52.8 Å². The lowest BCUT2D eigenvalue weighted by atomic mass is 10.1. The van der Waals surface area contributed by atoms with Crippen molar-refractivity contribution in [1.82, 2.24) is 10.3 Å². The normalized spacial score (nSPS) is 14.8. The molecule has 1 aliphatic carbocycles. The largest absolute Gasteiger partial charge is 0.309 e. The van der Waals surface area contributed by atoms with Crippen LogP contribution in [0.3, 0.4) is 0 Å². The van der Waals surface area contributed by atoms with Crippen LogP contribution in [0.1, 0.15) is 17.7 Å². The maximum Gasteiger partial charge on any atom is 0.123 e. The van der Waals surface area contributed by atoms with E-state index in [0.717, 1.165) is 17.6 Å². The summed E-state index contributed by atoms with van der Waals surface area (Å²) in [5.41, 5.74) is 1.21. The second-order valence-electron chi connectivity index (χ2n) is 5.35. The summed E-state index contributed by atoms with van der Waals surface area (Å²) in [6.45, 7) is 0.954. The molecule has 0 atom stereocenters. The van der Waals surface area contributed by atoms with Gasteiger partial charge in [0.15, 0.2) is 0 Å². The van der Waals surface area contributed by atoms with Crippen molar-refractivity contribution >= 4 is 22.1 Å². The summed E-state index contributed by atoms with van der Waals surface area (Å²) < 4.78 is 0. The third-order valence-electron chi connectivity index (χ3n) is 3.69. The fraction of sp³-hybridized carbons (Fsp3) is 0.235. The van der Waals surface area contributed by atoms with Gasteiger partial charge in [0.25, 0.3) is 0 Å². The minimum atomic E-state index is 0.751. The van der Waals surface area contributed by atoms with E-state index in [1.807, 2.05) is 6.20 Å². The molecule has 0 bridgehead atoms. The van der Waals surface area contributed by atoms with E-state index in [1.165, 1.54) is 34.1 Å². The van der Waals surface area contributed by atoms with Crippen molar-refractivity contribution in [3.8, 4) is 10.6 Å². The molecule has 1 N–H and O–H groups in total. The number of benzene rings is 2. The molecule has 1 fully saturated rings. The molecule has 0 aliphatic heterocycles. The highest BCUT2D eigenvalue weighted by atomic mass is 32.1. The van der Waals surface area contributed by atoms with Crippen LogP contribution in [0, 0.1) is 0 Å². The molecule has 0 radical (unpaired) electrons. The standard InChI is InChI=1S/C17H16N2S/c1-2-4-13-9-14(6-5-12(13)3-1)17-19-11-16(20-17)10-18-15-7-8-15/h1-6,9,11,15,18H,7-8,10H2. The van der Waals surface area contributed by atoms with Crippen molar-refractivity contribution in [2.45, 2.75) is 25.4 Å². The number of rotatable bonds is 4. The van der Waals surface area contributed by atoms with E-state index >= 15 is 0 Å². The first-order valence-corrected chi connectivity index (χ1v) is 7.87. The average Bonchev–Trinajstić information content (AvgIpc) is 3.21. The van der Waals surface area contributed by atoms with Gasteiger partial charge in [-0.1, -0.05) is 36.4 Å². The summed E-state index contributed by atoms with van der Waals surface area (Å²) in [6.07, 6.45) is 4.66. The van der Waals surface area contributed by atoms with Gasteiger partial charge in [0, 0.05) is 29.2 Å². The van der Waals surface area contributed by atoms with Crippen LogP contribution < -0.4 is 5.32 Å². The molecule has 20 heavy (non-hydrogen) atoms. The first kappa shape index (κ1) is 12.1. The minimum absolute atomic E-state index is 0.751. The lowest BCUT2D eigenvalue weighted by molar-refractivity contribution is 0.694. The zero-order valence-electron chi connectivity index (χ0n) is 11.2. The summed E-state index contributed by atoms with van der Waals surface area (Å²) in [5.74, 6) is 0. The predicted octanol–water partition coefficient (Wildman–Crippen LogP) is 4.22. The van der Waals surface area contributed by atoms with Gasteiger partial charge < -0.3 is 5.32 Å². The molecule has 3 aromatic rings. The summed E-state index contributed by atoms with van der Waals surface area (Å²) in [7, 11) is 0. The molecular formula is C17H16N2S. The fourth-order valence-corrected chi connectivity index (χ4v) is 3.24. The van der Waals surface area contributed by atoms with Crippen molar-refractivity contribution in [3.63, 3.8) is 0 Å². The first-order chi connectivity index (χ1) is 9.88. The van der Waals surface area contributed by atoms with Gasteiger partial charge in [-0.15, -0.1) is 11.3 Å². The number of nitrogens with one attached hydrogen (secondary N) is 1. The molecule has 100 valence electrons. The molecular weight excluding hydrogens is 264 g/mol. The van der Waals surface area contributed by atoms with Gasteiger partial charge in [0.05, 0.1) is 0 Å². The monoisotopic (exact) mass is 280 g/mol. The third-order valence-corrected chi connectivity index (χ3v) is 4.74. The van der Waals surface area contributed by atoms with Gasteiger partial charge >= 0.3 is 0 Å². The molecule has 0 amide bonds. The molecule has 1 aromatic heterocycles. The Balaban J connectivity index is 1.60. The molecule has 2 nitrogen and oxygen atoms in total. The molecule has 0 spiro atoms. The van der Waals surface area contributed by atoms with Gasteiger partial charge in [-0.25, -0.2) is 4.98 Å². The number of thiazole rings is 1. The second-order valence-corrected chi connectivity index (χ2v) is 6.46. The molecule has 0 saturated heterocycles. The first-order valence-electron chi connectivity index (χ1n) is 7.06. The Kier molecular flexibility index (Phi) is 3.02. The van der Waals surface area contributed by atoms with Crippen LogP contribution in [0.4, 0.5) is 0 Å². The number of nitrogens with zero attached hydrogens (tertiary/aromatic N) is 1. The number of hydrogen-bond donors (Lipinski definition) is 1. The van der Waals surface area contributed by atoms with Crippen LogP contribution in [-0.2, 0) is 6.54 Å².